The van der Waals surface area contributed by atoms with Crippen molar-refractivity contribution >= 4 is 11.9 Å². The van der Waals surface area contributed by atoms with Crippen molar-refractivity contribution in [3.8, 4) is 6.07 Å². The zero-order chi connectivity index (χ0) is 18.0. The molecule has 1 heterocycles. The Morgan fingerprint density at radius 2 is 1.83 bits per heavy atom. The van der Waals surface area contributed by atoms with Crippen molar-refractivity contribution in [2.24, 2.45) is 0 Å². The van der Waals surface area contributed by atoms with Gasteiger partial charge < -0.3 is 5.32 Å². The predicted octanol–water partition coefficient (Wildman–Crippen LogP) is 3.44. The Kier molecular flexibility index (Phi) is 4.98. The lowest BCUT2D eigenvalue weighted by Gasteiger charge is -2.27. The second-order valence-electron chi connectivity index (χ2n) is 7.23. The minimum absolute atomic E-state index is 0.0319. The van der Waals surface area contributed by atoms with E-state index in [1.807, 2.05) is 37.3 Å². The van der Waals surface area contributed by atoms with Gasteiger partial charge in [-0.1, -0.05) is 52.0 Å². The van der Waals surface area contributed by atoms with Gasteiger partial charge in [-0.05, 0) is 29.4 Å². The molecule has 0 saturated carbocycles. The van der Waals surface area contributed by atoms with Gasteiger partial charge in [-0.3, -0.25) is 9.69 Å². The minimum Gasteiger partial charge on any atom is -0.319 e. The van der Waals surface area contributed by atoms with Gasteiger partial charge in [-0.2, -0.15) is 5.26 Å². The number of hydrogen-bond donors (Lipinski definition) is 1. The summed E-state index contributed by atoms with van der Waals surface area (Å²) >= 11 is 0. The molecule has 0 bridgehead atoms. The fraction of sp³-hybridized carbons (Fsp3) is 0.526. The molecule has 5 nitrogen and oxygen atoms in total. The number of rotatable bonds is 5. The van der Waals surface area contributed by atoms with Crippen molar-refractivity contribution in [1.29, 1.82) is 5.26 Å². The number of unbranched alkanes of at least 4 members (excludes halogenated alkanes) is 1. The van der Waals surface area contributed by atoms with E-state index in [4.69, 9.17) is 5.26 Å². The van der Waals surface area contributed by atoms with Gasteiger partial charge in [0.1, 0.15) is 5.54 Å². The van der Waals surface area contributed by atoms with Gasteiger partial charge in [0.25, 0.3) is 5.91 Å². The molecule has 0 aromatic heterocycles. The van der Waals surface area contributed by atoms with E-state index in [0.29, 0.717) is 19.3 Å². The lowest BCUT2D eigenvalue weighted by atomic mass is 9.82. The molecule has 1 aromatic rings. The first-order valence-electron chi connectivity index (χ1n) is 8.38. The van der Waals surface area contributed by atoms with Crippen LogP contribution in [-0.2, 0) is 15.7 Å². The molecule has 128 valence electrons. The fourth-order valence-corrected chi connectivity index (χ4v) is 3.04. The summed E-state index contributed by atoms with van der Waals surface area (Å²) in [7, 11) is 0. The Labute approximate surface area is 143 Å². The Balaban J connectivity index is 2.31. The van der Waals surface area contributed by atoms with Gasteiger partial charge >= 0.3 is 6.03 Å². The SMILES string of the molecule is CCC1(c2ccc(C(C)(C)C)cc2)NC(=O)N(CCCC#N)C1=O. The number of carbonyl (C=O) groups is 2. The van der Waals surface area contributed by atoms with Crippen LogP contribution in [0.1, 0.15) is 58.1 Å². The van der Waals surface area contributed by atoms with Crippen LogP contribution < -0.4 is 5.32 Å². The second kappa shape index (κ2) is 6.64. The summed E-state index contributed by atoms with van der Waals surface area (Å²) in [6.07, 6.45) is 1.32. The minimum atomic E-state index is -1.000. The largest absolute Gasteiger partial charge is 0.325 e. The summed E-state index contributed by atoms with van der Waals surface area (Å²) in [4.78, 5) is 26.4. The molecule has 1 N–H and O–H groups in total. The van der Waals surface area contributed by atoms with Crippen molar-refractivity contribution < 1.29 is 9.59 Å². The van der Waals surface area contributed by atoms with Crippen LogP contribution >= 0.6 is 0 Å². The second-order valence-corrected chi connectivity index (χ2v) is 7.23. The third-order valence-electron chi connectivity index (χ3n) is 4.62. The highest BCUT2D eigenvalue weighted by molar-refractivity contribution is 6.07. The van der Waals surface area contributed by atoms with Gasteiger partial charge in [-0.25, -0.2) is 4.79 Å². The molecular formula is C19H25N3O2. The maximum atomic E-state index is 12.9. The molecule has 1 saturated heterocycles. The maximum Gasteiger partial charge on any atom is 0.325 e. The van der Waals surface area contributed by atoms with Crippen molar-refractivity contribution in [2.75, 3.05) is 6.54 Å². The fourth-order valence-electron chi connectivity index (χ4n) is 3.04. The van der Waals surface area contributed by atoms with Crippen molar-refractivity contribution in [2.45, 2.75) is 57.9 Å². The van der Waals surface area contributed by atoms with Crippen LogP contribution in [0, 0.1) is 11.3 Å². The van der Waals surface area contributed by atoms with Crippen LogP contribution in [-0.4, -0.2) is 23.4 Å². The molecule has 0 spiro atoms. The summed E-state index contributed by atoms with van der Waals surface area (Å²) in [5.41, 5.74) is 1.02. The molecule has 1 fully saturated rings. The number of urea groups is 1. The van der Waals surface area contributed by atoms with Crippen LogP contribution in [0.4, 0.5) is 4.79 Å². The standard InChI is InChI=1S/C19H25N3O2/c1-5-19(15-10-8-14(9-11-15)18(2,3)4)16(23)22(17(24)21-19)13-7-6-12-20/h8-11H,5-7,13H2,1-4H3,(H,21,24). The van der Waals surface area contributed by atoms with Crippen LogP contribution in [0.3, 0.4) is 0 Å². The van der Waals surface area contributed by atoms with Crippen LogP contribution in [0.25, 0.3) is 0 Å². The first-order chi connectivity index (χ1) is 11.3. The molecule has 5 heteroatoms. The molecular weight excluding hydrogens is 302 g/mol. The Hall–Kier alpha value is -2.35. The monoisotopic (exact) mass is 327 g/mol. The maximum absolute atomic E-state index is 12.9. The summed E-state index contributed by atoms with van der Waals surface area (Å²) in [6, 6.07) is 9.56. The first-order valence-corrected chi connectivity index (χ1v) is 8.38. The molecule has 1 aliphatic rings. The zero-order valence-electron chi connectivity index (χ0n) is 14.8. The van der Waals surface area contributed by atoms with E-state index < -0.39 is 5.54 Å². The lowest BCUT2D eigenvalue weighted by Crippen LogP contribution is -2.43. The molecule has 0 radical (unpaired) electrons. The summed E-state index contributed by atoms with van der Waals surface area (Å²) in [5.74, 6) is -0.226. The highest BCUT2D eigenvalue weighted by Gasteiger charge is 2.50. The van der Waals surface area contributed by atoms with E-state index in [0.717, 1.165) is 5.56 Å². The Morgan fingerprint density at radius 3 is 2.33 bits per heavy atom. The molecule has 24 heavy (non-hydrogen) atoms. The summed E-state index contributed by atoms with van der Waals surface area (Å²) in [5, 5.41) is 11.5. The topological polar surface area (TPSA) is 73.2 Å². The van der Waals surface area contributed by atoms with Gasteiger partial charge in [-0.15, -0.1) is 0 Å². The van der Waals surface area contributed by atoms with Gasteiger partial charge in [0.15, 0.2) is 0 Å². The quantitative estimate of drug-likeness (QED) is 0.665. The van der Waals surface area contributed by atoms with E-state index in [-0.39, 0.29) is 23.9 Å². The molecule has 2 rings (SSSR count). The third kappa shape index (κ3) is 3.14. The molecule has 0 aliphatic carbocycles. The average molecular weight is 327 g/mol. The number of hydrogen-bond acceptors (Lipinski definition) is 3. The van der Waals surface area contributed by atoms with Gasteiger partial charge in [0.2, 0.25) is 0 Å². The zero-order valence-corrected chi connectivity index (χ0v) is 14.8. The van der Waals surface area contributed by atoms with Crippen molar-refractivity contribution in [3.63, 3.8) is 0 Å². The summed E-state index contributed by atoms with van der Waals surface area (Å²) < 4.78 is 0. The third-order valence-corrected chi connectivity index (χ3v) is 4.62. The van der Waals surface area contributed by atoms with Gasteiger partial charge in [0, 0.05) is 13.0 Å². The van der Waals surface area contributed by atoms with E-state index in [1.54, 1.807) is 0 Å². The first kappa shape index (κ1) is 18.0. The highest BCUT2D eigenvalue weighted by atomic mass is 16.2. The van der Waals surface area contributed by atoms with Crippen LogP contribution in [0.5, 0.6) is 0 Å². The molecule has 1 atom stereocenters. The van der Waals surface area contributed by atoms with Crippen LogP contribution in [0.2, 0.25) is 0 Å². The lowest BCUT2D eigenvalue weighted by molar-refractivity contribution is -0.131. The van der Waals surface area contributed by atoms with E-state index in [9.17, 15) is 9.59 Å². The molecule has 1 aliphatic heterocycles. The number of nitrogens with zero attached hydrogens (tertiary/aromatic N) is 2. The van der Waals surface area contributed by atoms with E-state index in [2.05, 4.69) is 26.1 Å². The summed E-state index contributed by atoms with van der Waals surface area (Å²) in [6.45, 7) is 8.58. The van der Waals surface area contributed by atoms with Crippen LogP contribution in [0.15, 0.2) is 24.3 Å². The number of imide groups is 1. The smallest absolute Gasteiger partial charge is 0.319 e. The van der Waals surface area contributed by atoms with E-state index >= 15 is 0 Å². The number of benzene rings is 1. The van der Waals surface area contributed by atoms with Crippen molar-refractivity contribution in [1.82, 2.24) is 10.2 Å². The van der Waals surface area contributed by atoms with E-state index in [1.165, 1.54) is 10.5 Å². The highest BCUT2D eigenvalue weighted by Crippen LogP contribution is 2.34. The molecule has 3 amide bonds. The average Bonchev–Trinajstić information content (AvgIpc) is 2.79. The normalized spacial score (nSPS) is 20.9. The molecule has 1 unspecified atom stereocenters. The predicted molar refractivity (Wildman–Crippen MR) is 92.2 cm³/mol. The van der Waals surface area contributed by atoms with Crippen molar-refractivity contribution in [3.05, 3.63) is 35.4 Å². The number of amides is 3. The number of carbonyl (C=O) groups excluding carboxylic acids is 2. The Bertz CT molecular complexity index is 667. The van der Waals surface area contributed by atoms with Gasteiger partial charge in [0.05, 0.1) is 6.07 Å². The molecule has 1 aromatic carbocycles. The Morgan fingerprint density at radius 1 is 1.21 bits per heavy atom. The number of nitrogens with one attached hydrogen (secondary N) is 1. The number of nitriles is 1.